The number of carbonyl (C=O) groups is 2. The molecule has 3 heterocycles. The van der Waals surface area contributed by atoms with E-state index in [4.69, 9.17) is 0 Å². The number of nitrogens with one attached hydrogen (secondary N) is 2. The van der Waals surface area contributed by atoms with E-state index < -0.39 is 11.8 Å². The zero-order valence-electron chi connectivity index (χ0n) is 16.0. The number of nitrogens with zero attached hydrogens (tertiary/aromatic N) is 3. The first-order valence-electron chi connectivity index (χ1n) is 9.69. The Morgan fingerprint density at radius 2 is 2.00 bits per heavy atom. The normalized spacial score (nSPS) is 17.4. The van der Waals surface area contributed by atoms with Crippen LogP contribution >= 0.6 is 0 Å². The lowest BCUT2D eigenvalue weighted by atomic mass is 10.0. The minimum atomic E-state index is -0.746. The third-order valence-corrected chi connectivity index (χ3v) is 5.54. The zero-order valence-corrected chi connectivity index (χ0v) is 16.0. The molecule has 8 nitrogen and oxygen atoms in total. The highest BCUT2D eigenvalue weighted by Gasteiger charge is 2.27. The highest BCUT2D eigenvalue weighted by atomic mass is 16.5. The number of likely N-dealkylation sites (N-methyl/N-ethyl adjacent to an activating group) is 1. The number of aromatic nitrogens is 1. The summed E-state index contributed by atoms with van der Waals surface area (Å²) in [5, 5.41) is 8.79. The molecule has 1 atom stereocenters. The first-order chi connectivity index (χ1) is 13.6. The molecule has 2 N–H and O–H groups in total. The van der Waals surface area contributed by atoms with Crippen molar-refractivity contribution >= 4 is 23.3 Å². The van der Waals surface area contributed by atoms with Gasteiger partial charge in [0.05, 0.1) is 6.04 Å². The molecule has 148 valence electrons. The molecule has 1 fully saturated rings. The maximum absolute atomic E-state index is 12.2. The summed E-state index contributed by atoms with van der Waals surface area (Å²) in [6.45, 7) is 3.43. The summed E-state index contributed by atoms with van der Waals surface area (Å²) in [6.07, 6.45) is 4.69. The lowest BCUT2D eigenvalue weighted by Gasteiger charge is -2.28. The largest absolute Gasteiger partial charge is 0.374 e. The number of hydrogen-bond donors (Lipinski definition) is 2. The van der Waals surface area contributed by atoms with Crippen LogP contribution in [0.3, 0.4) is 0 Å². The van der Waals surface area contributed by atoms with Gasteiger partial charge in [-0.15, -0.1) is 0 Å². The molecule has 1 aromatic heterocycles. The summed E-state index contributed by atoms with van der Waals surface area (Å²) in [7, 11) is 2.11. The Kier molecular flexibility index (Phi) is 5.29. The van der Waals surface area contributed by atoms with Crippen LogP contribution in [0.1, 0.15) is 30.0 Å². The summed E-state index contributed by atoms with van der Waals surface area (Å²) >= 11 is 0. The third kappa shape index (κ3) is 3.87. The predicted octanol–water partition coefficient (Wildman–Crippen LogP) is 1.56. The van der Waals surface area contributed by atoms with Gasteiger partial charge in [-0.05, 0) is 49.5 Å². The third-order valence-electron chi connectivity index (χ3n) is 5.54. The van der Waals surface area contributed by atoms with Crippen LogP contribution in [0.4, 0.5) is 11.5 Å². The van der Waals surface area contributed by atoms with Crippen LogP contribution in [-0.2, 0) is 16.0 Å². The van der Waals surface area contributed by atoms with Crippen LogP contribution in [0.5, 0.6) is 0 Å². The van der Waals surface area contributed by atoms with Gasteiger partial charge < -0.3 is 14.7 Å². The van der Waals surface area contributed by atoms with Crippen LogP contribution in [0.15, 0.2) is 35.1 Å². The molecular weight excluding hydrogens is 358 g/mol. The minimum absolute atomic E-state index is 0.0579. The van der Waals surface area contributed by atoms with Gasteiger partial charge in [0.25, 0.3) is 0 Å². The van der Waals surface area contributed by atoms with Gasteiger partial charge in [-0.2, -0.15) is 0 Å². The van der Waals surface area contributed by atoms with Crippen molar-refractivity contribution in [1.29, 1.82) is 0 Å². The first-order valence-corrected chi connectivity index (χ1v) is 9.69. The molecule has 2 aromatic rings. The highest BCUT2D eigenvalue weighted by molar-refractivity contribution is 6.39. The van der Waals surface area contributed by atoms with E-state index in [0.29, 0.717) is 6.54 Å². The number of anilines is 2. The molecule has 28 heavy (non-hydrogen) atoms. The number of rotatable bonds is 5. The zero-order chi connectivity index (χ0) is 19.5. The fourth-order valence-electron chi connectivity index (χ4n) is 4.02. The average molecular weight is 383 g/mol. The van der Waals surface area contributed by atoms with Crippen LogP contribution in [0, 0.1) is 0 Å². The fourth-order valence-corrected chi connectivity index (χ4v) is 4.02. The number of fused-ring (bicyclic) bond motifs is 1. The molecule has 2 amide bonds. The Morgan fingerprint density at radius 3 is 2.75 bits per heavy atom. The molecule has 0 bridgehead atoms. The van der Waals surface area contributed by atoms with E-state index in [9.17, 15) is 9.59 Å². The molecule has 0 aliphatic carbocycles. The van der Waals surface area contributed by atoms with Crippen molar-refractivity contribution in [3.63, 3.8) is 0 Å². The van der Waals surface area contributed by atoms with E-state index in [2.05, 4.69) is 55.4 Å². The summed E-state index contributed by atoms with van der Waals surface area (Å²) in [5.74, 6) is -1.20. The predicted molar refractivity (Wildman–Crippen MR) is 105 cm³/mol. The fraction of sp³-hybridized carbons (Fsp3) is 0.450. The standard InChI is InChI=1S/C20H25N5O3/c1-24-10-6-15-12-14(4-5-16(15)24)17(25-8-2-3-9-25)13-21-19(26)20(27)22-18-7-11-28-23-18/h4-5,7,11-12,17H,2-3,6,8-10,13H2,1H3,(H,21,26)(H,22,23,27)/t17-/m1/s1. The van der Waals surface area contributed by atoms with Crippen molar-refractivity contribution in [2.75, 3.05) is 43.4 Å². The summed E-state index contributed by atoms with van der Waals surface area (Å²) in [6, 6.07) is 8.11. The summed E-state index contributed by atoms with van der Waals surface area (Å²) < 4.78 is 4.66. The maximum atomic E-state index is 12.2. The van der Waals surface area contributed by atoms with E-state index >= 15 is 0 Å². The van der Waals surface area contributed by atoms with Crippen LogP contribution in [-0.4, -0.2) is 55.1 Å². The second kappa shape index (κ2) is 8.02. The van der Waals surface area contributed by atoms with Crippen LogP contribution < -0.4 is 15.5 Å². The summed E-state index contributed by atoms with van der Waals surface area (Å²) in [5.41, 5.74) is 3.81. The number of hydrogen-bond acceptors (Lipinski definition) is 6. The molecule has 0 unspecified atom stereocenters. The average Bonchev–Trinajstić information content (AvgIpc) is 3.45. The number of carbonyl (C=O) groups excluding carboxylic acids is 2. The molecule has 1 saturated heterocycles. The Hall–Kier alpha value is -2.87. The smallest absolute Gasteiger partial charge is 0.314 e. The summed E-state index contributed by atoms with van der Waals surface area (Å²) in [4.78, 5) is 28.9. The maximum Gasteiger partial charge on any atom is 0.314 e. The molecular formula is C20H25N5O3. The topological polar surface area (TPSA) is 90.7 Å². The highest BCUT2D eigenvalue weighted by Crippen LogP contribution is 2.32. The molecule has 0 radical (unpaired) electrons. The Bertz CT molecular complexity index is 846. The van der Waals surface area contributed by atoms with E-state index in [1.165, 1.54) is 29.1 Å². The molecule has 2 aliphatic heterocycles. The lowest BCUT2D eigenvalue weighted by molar-refractivity contribution is -0.136. The van der Waals surface area contributed by atoms with Gasteiger partial charge in [-0.25, -0.2) is 0 Å². The molecule has 2 aliphatic rings. The Labute approximate surface area is 163 Å². The number of likely N-dealkylation sites (tertiary alicyclic amines) is 1. The molecule has 0 spiro atoms. The van der Waals surface area contributed by atoms with E-state index in [0.717, 1.165) is 38.9 Å². The van der Waals surface area contributed by atoms with E-state index in [1.807, 2.05) is 0 Å². The van der Waals surface area contributed by atoms with E-state index in [-0.39, 0.29) is 11.9 Å². The molecule has 4 rings (SSSR count). The minimum Gasteiger partial charge on any atom is -0.374 e. The molecule has 1 aromatic carbocycles. The Balaban J connectivity index is 1.45. The monoisotopic (exact) mass is 383 g/mol. The second-order valence-electron chi connectivity index (χ2n) is 7.37. The van der Waals surface area contributed by atoms with Crippen LogP contribution in [0.2, 0.25) is 0 Å². The van der Waals surface area contributed by atoms with Crippen molar-refractivity contribution in [1.82, 2.24) is 15.4 Å². The van der Waals surface area contributed by atoms with Gasteiger partial charge in [0.1, 0.15) is 6.26 Å². The van der Waals surface area contributed by atoms with Gasteiger partial charge in [-0.3, -0.25) is 19.8 Å². The number of amides is 2. The molecule has 8 heteroatoms. The van der Waals surface area contributed by atoms with Crippen molar-refractivity contribution in [2.45, 2.75) is 25.3 Å². The van der Waals surface area contributed by atoms with Crippen molar-refractivity contribution in [3.05, 3.63) is 41.7 Å². The molecule has 0 saturated carbocycles. The van der Waals surface area contributed by atoms with Crippen molar-refractivity contribution in [2.24, 2.45) is 0 Å². The first kappa shape index (κ1) is 18.5. The van der Waals surface area contributed by atoms with Crippen molar-refractivity contribution < 1.29 is 14.1 Å². The van der Waals surface area contributed by atoms with Gasteiger partial charge in [-0.1, -0.05) is 17.3 Å². The van der Waals surface area contributed by atoms with Gasteiger partial charge >= 0.3 is 11.8 Å². The van der Waals surface area contributed by atoms with Gasteiger partial charge in [0.15, 0.2) is 5.82 Å². The van der Waals surface area contributed by atoms with Crippen molar-refractivity contribution in [3.8, 4) is 0 Å². The van der Waals surface area contributed by atoms with Gasteiger partial charge in [0, 0.05) is 31.9 Å². The SMILES string of the molecule is CN1CCc2cc([C@@H](CNC(=O)C(=O)Nc3ccon3)N3CCCC3)ccc21. The Morgan fingerprint density at radius 1 is 1.18 bits per heavy atom. The van der Waals surface area contributed by atoms with Crippen LogP contribution in [0.25, 0.3) is 0 Å². The quantitative estimate of drug-likeness (QED) is 0.762. The number of benzene rings is 1. The van der Waals surface area contributed by atoms with E-state index in [1.54, 1.807) is 0 Å². The second-order valence-corrected chi connectivity index (χ2v) is 7.37. The lowest BCUT2D eigenvalue weighted by Crippen LogP contribution is -2.41. The van der Waals surface area contributed by atoms with Gasteiger partial charge in [0.2, 0.25) is 0 Å².